The van der Waals surface area contributed by atoms with Crippen molar-refractivity contribution in [2.45, 2.75) is 64.0 Å². The molecule has 0 N–H and O–H groups in total. The molecule has 3 aliphatic rings. The first-order valence-corrected chi connectivity index (χ1v) is 14.6. The molecule has 7 heteroatoms. The Balaban J connectivity index is 1.13. The van der Waals surface area contributed by atoms with E-state index in [1.807, 2.05) is 24.1 Å². The molecule has 7 nitrogen and oxygen atoms in total. The number of benzene rings is 1. The second-order valence-corrected chi connectivity index (χ2v) is 11.5. The average molecular weight is 516 g/mol. The van der Waals surface area contributed by atoms with Crippen LogP contribution in [-0.4, -0.2) is 75.8 Å². The summed E-state index contributed by atoms with van der Waals surface area (Å²) in [5.74, 6) is 0.522. The van der Waals surface area contributed by atoms with E-state index in [9.17, 15) is 4.79 Å². The van der Waals surface area contributed by atoms with Gasteiger partial charge in [-0.25, -0.2) is 0 Å². The largest absolute Gasteiger partial charge is 0.379 e. The lowest BCUT2D eigenvalue weighted by Gasteiger charge is -2.38. The fraction of sp³-hybridized carbons (Fsp3) is 0.581. The number of ketones is 1. The van der Waals surface area contributed by atoms with E-state index in [0.717, 1.165) is 75.0 Å². The molecular weight excluding hydrogens is 474 g/mol. The number of carbonyl (C=O) groups is 1. The highest BCUT2D eigenvalue weighted by Gasteiger charge is 2.30. The van der Waals surface area contributed by atoms with Gasteiger partial charge in [-0.1, -0.05) is 18.6 Å². The summed E-state index contributed by atoms with van der Waals surface area (Å²) in [4.78, 5) is 23.0. The molecule has 0 unspecified atom stereocenters. The third-order valence-corrected chi connectivity index (χ3v) is 9.04. The summed E-state index contributed by atoms with van der Waals surface area (Å²) in [7, 11) is 2.05. The molecule has 0 amide bonds. The number of aromatic nitrogens is 3. The van der Waals surface area contributed by atoms with E-state index < -0.39 is 0 Å². The van der Waals surface area contributed by atoms with Crippen LogP contribution in [0.3, 0.4) is 0 Å². The first-order valence-electron chi connectivity index (χ1n) is 14.6. The number of aryl methyl sites for hydroxylation is 1. The van der Waals surface area contributed by atoms with Crippen molar-refractivity contribution in [2.24, 2.45) is 13.0 Å². The van der Waals surface area contributed by atoms with Crippen molar-refractivity contribution in [2.75, 3.05) is 39.4 Å². The molecule has 4 heterocycles. The minimum atomic E-state index is 0.170. The second-order valence-electron chi connectivity index (χ2n) is 11.5. The van der Waals surface area contributed by atoms with Gasteiger partial charge in [-0.2, -0.15) is 5.10 Å². The van der Waals surface area contributed by atoms with Crippen molar-refractivity contribution in [3.05, 3.63) is 48.0 Å². The van der Waals surface area contributed by atoms with Gasteiger partial charge in [0.2, 0.25) is 0 Å². The molecule has 0 spiro atoms. The van der Waals surface area contributed by atoms with Crippen LogP contribution in [0, 0.1) is 5.92 Å². The summed E-state index contributed by atoms with van der Waals surface area (Å²) >= 11 is 0. The van der Waals surface area contributed by atoms with Crippen LogP contribution >= 0.6 is 0 Å². The zero-order valence-corrected chi connectivity index (χ0v) is 22.8. The smallest absolute Gasteiger partial charge is 0.141 e. The fourth-order valence-electron chi connectivity index (χ4n) is 6.70. The Hall–Kier alpha value is -2.61. The number of morpholine rings is 1. The monoisotopic (exact) mass is 515 g/mol. The van der Waals surface area contributed by atoms with E-state index in [-0.39, 0.29) is 5.92 Å². The molecule has 0 atom stereocenters. The first-order chi connectivity index (χ1) is 18.6. The molecule has 6 rings (SSSR count). The number of likely N-dealkylation sites (tertiary alicyclic amines) is 1. The highest BCUT2D eigenvalue weighted by molar-refractivity contribution is 5.89. The molecule has 38 heavy (non-hydrogen) atoms. The maximum Gasteiger partial charge on any atom is 0.141 e. The van der Waals surface area contributed by atoms with Gasteiger partial charge in [-0.05, 0) is 74.7 Å². The minimum absolute atomic E-state index is 0.170. The van der Waals surface area contributed by atoms with E-state index in [1.54, 1.807) is 0 Å². The topological polar surface area (TPSA) is 63.5 Å². The Morgan fingerprint density at radius 2 is 1.74 bits per heavy atom. The van der Waals surface area contributed by atoms with Crippen LogP contribution in [0.2, 0.25) is 0 Å². The van der Waals surface area contributed by atoms with Gasteiger partial charge >= 0.3 is 0 Å². The summed E-state index contributed by atoms with van der Waals surface area (Å²) in [6.07, 6.45) is 12.5. The normalized spacial score (nSPS) is 23.6. The van der Waals surface area contributed by atoms with Crippen molar-refractivity contribution in [3.63, 3.8) is 0 Å². The number of Topliss-reactive ketones (excluding diaryl/α,β-unsaturated/α-hetero) is 1. The Morgan fingerprint density at radius 3 is 2.53 bits per heavy atom. The van der Waals surface area contributed by atoms with Crippen LogP contribution in [0.25, 0.3) is 21.9 Å². The number of rotatable bonds is 7. The van der Waals surface area contributed by atoms with Crippen LogP contribution in [0.5, 0.6) is 0 Å². The highest BCUT2D eigenvalue weighted by atomic mass is 16.5. The lowest BCUT2D eigenvalue weighted by Crippen LogP contribution is -2.45. The molecule has 0 radical (unpaired) electrons. The van der Waals surface area contributed by atoms with E-state index in [1.165, 1.54) is 49.2 Å². The van der Waals surface area contributed by atoms with Crippen molar-refractivity contribution in [1.82, 2.24) is 24.6 Å². The molecule has 202 valence electrons. The number of piperidine rings is 1. The summed E-state index contributed by atoms with van der Waals surface area (Å²) in [6, 6.07) is 9.31. The van der Waals surface area contributed by atoms with Crippen LogP contribution in [0.15, 0.2) is 36.7 Å². The number of hydrogen-bond acceptors (Lipinski definition) is 6. The van der Waals surface area contributed by atoms with Crippen LogP contribution in [0.4, 0.5) is 0 Å². The number of pyridine rings is 1. The van der Waals surface area contributed by atoms with Gasteiger partial charge < -0.3 is 4.74 Å². The Bertz CT molecular complexity index is 1250. The minimum Gasteiger partial charge on any atom is -0.379 e. The summed E-state index contributed by atoms with van der Waals surface area (Å²) in [5, 5.41) is 6.86. The summed E-state index contributed by atoms with van der Waals surface area (Å²) in [5.41, 5.74) is 4.53. The Morgan fingerprint density at radius 1 is 0.947 bits per heavy atom. The van der Waals surface area contributed by atoms with Crippen molar-refractivity contribution in [3.8, 4) is 11.1 Å². The summed E-state index contributed by atoms with van der Waals surface area (Å²) < 4.78 is 7.53. The predicted molar refractivity (Wildman–Crippen MR) is 150 cm³/mol. The SMILES string of the molecule is Cn1ncc(-c2ccc3cnc(CC(=O)C4CCC(N5CCOCC5)CC4)cc3c2)c1CN1CCCCC1. The Labute approximate surface area is 226 Å². The molecule has 0 bridgehead atoms. The van der Waals surface area contributed by atoms with E-state index in [0.29, 0.717) is 18.2 Å². The molecule has 3 fully saturated rings. The number of fused-ring (bicyclic) bond motifs is 1. The van der Waals surface area contributed by atoms with Crippen LogP contribution in [-0.2, 0) is 29.5 Å². The molecule has 1 saturated carbocycles. The number of carbonyl (C=O) groups excluding carboxylic acids is 1. The highest BCUT2D eigenvalue weighted by Crippen LogP contribution is 2.31. The quantitative estimate of drug-likeness (QED) is 0.457. The lowest BCUT2D eigenvalue weighted by molar-refractivity contribution is -0.123. The number of hydrogen-bond donors (Lipinski definition) is 0. The zero-order valence-electron chi connectivity index (χ0n) is 22.8. The summed E-state index contributed by atoms with van der Waals surface area (Å²) in [6.45, 7) is 7.02. The fourth-order valence-corrected chi connectivity index (χ4v) is 6.70. The van der Waals surface area contributed by atoms with E-state index in [4.69, 9.17) is 4.74 Å². The van der Waals surface area contributed by atoms with Crippen molar-refractivity contribution in [1.29, 1.82) is 0 Å². The number of nitrogens with zero attached hydrogens (tertiary/aromatic N) is 5. The zero-order chi connectivity index (χ0) is 25.9. The van der Waals surface area contributed by atoms with Crippen LogP contribution < -0.4 is 0 Å². The third-order valence-electron chi connectivity index (χ3n) is 9.04. The van der Waals surface area contributed by atoms with Gasteiger partial charge in [0, 0.05) is 67.9 Å². The molecule has 1 aliphatic carbocycles. The van der Waals surface area contributed by atoms with Crippen molar-refractivity contribution >= 4 is 16.6 Å². The molecule has 1 aromatic carbocycles. The van der Waals surface area contributed by atoms with Gasteiger partial charge in [0.15, 0.2) is 0 Å². The van der Waals surface area contributed by atoms with E-state index >= 15 is 0 Å². The Kier molecular flexibility index (Phi) is 7.86. The first kappa shape index (κ1) is 25.7. The maximum absolute atomic E-state index is 13.2. The van der Waals surface area contributed by atoms with Gasteiger partial charge in [0.25, 0.3) is 0 Å². The molecule has 2 aromatic heterocycles. The van der Waals surface area contributed by atoms with Gasteiger partial charge in [0.1, 0.15) is 5.78 Å². The molecule has 3 aromatic rings. The van der Waals surface area contributed by atoms with Gasteiger partial charge in [-0.15, -0.1) is 0 Å². The van der Waals surface area contributed by atoms with Crippen LogP contribution in [0.1, 0.15) is 56.3 Å². The van der Waals surface area contributed by atoms with E-state index in [2.05, 4.69) is 44.1 Å². The van der Waals surface area contributed by atoms with Gasteiger partial charge in [-0.3, -0.25) is 24.3 Å². The lowest BCUT2D eigenvalue weighted by atomic mass is 9.81. The second kappa shape index (κ2) is 11.6. The molecule has 2 aliphatic heterocycles. The van der Waals surface area contributed by atoms with Crippen molar-refractivity contribution < 1.29 is 9.53 Å². The molecule has 2 saturated heterocycles. The molecular formula is C31H41N5O2. The standard InChI is InChI=1S/C31H41N5O2/c1-34-30(22-35-11-3-2-4-12-35)29(21-33-34)24-5-6-25-20-32-27(18-26(25)17-24)19-31(37)23-7-9-28(10-8-23)36-13-15-38-16-14-36/h5-6,17-18,20-21,23,28H,2-4,7-16,19,22H2,1H3. The number of ether oxygens (including phenoxy) is 1. The maximum atomic E-state index is 13.2. The van der Waals surface area contributed by atoms with Gasteiger partial charge in [0.05, 0.1) is 25.1 Å². The average Bonchev–Trinajstić information content (AvgIpc) is 3.33. The predicted octanol–water partition coefficient (Wildman–Crippen LogP) is 4.62. The third kappa shape index (κ3) is 5.70.